The topological polar surface area (TPSA) is 75.6 Å². The van der Waals surface area contributed by atoms with Crippen LogP contribution in [0.3, 0.4) is 0 Å². The van der Waals surface area contributed by atoms with E-state index in [2.05, 4.69) is 21.2 Å². The van der Waals surface area contributed by atoms with Gasteiger partial charge in [-0.05, 0) is 51.9 Å². The van der Waals surface area contributed by atoms with Crippen LogP contribution in [0.1, 0.15) is 26.3 Å². The Bertz CT molecular complexity index is 1300. The summed E-state index contributed by atoms with van der Waals surface area (Å²) in [5.41, 5.74) is 0.927. The molecule has 0 aliphatic heterocycles. The molecule has 4 aromatic carbocycles. The molecule has 0 bridgehead atoms. The fourth-order valence-corrected chi connectivity index (χ4v) is 3.97. The number of nitrogens with one attached hydrogen (secondary N) is 1. The standard InChI is InChI=1S/C24H18BrNO4/c1-30-22-9-6-16-10-17(25)7-8-18(16)21(22)13-26-23(27)19-11-14-4-2-3-5-15(14)12-20(19)24(28)29/h2-12H,13H2,1H3,(H,26,27)(H,28,29). The summed E-state index contributed by atoms with van der Waals surface area (Å²) in [6, 6.07) is 20.2. The summed E-state index contributed by atoms with van der Waals surface area (Å²) in [5.74, 6) is -0.935. The maximum absolute atomic E-state index is 13.0. The van der Waals surface area contributed by atoms with Crippen molar-refractivity contribution in [1.29, 1.82) is 0 Å². The third-order valence-electron chi connectivity index (χ3n) is 5.06. The fourth-order valence-electron chi connectivity index (χ4n) is 3.59. The lowest BCUT2D eigenvalue weighted by atomic mass is 9.99. The number of ether oxygens (including phenoxy) is 1. The number of hydrogen-bond donors (Lipinski definition) is 2. The number of methoxy groups -OCH3 is 1. The highest BCUT2D eigenvalue weighted by molar-refractivity contribution is 9.10. The van der Waals surface area contributed by atoms with E-state index in [0.29, 0.717) is 5.75 Å². The highest BCUT2D eigenvalue weighted by atomic mass is 79.9. The molecule has 0 spiro atoms. The minimum Gasteiger partial charge on any atom is -0.496 e. The van der Waals surface area contributed by atoms with E-state index in [9.17, 15) is 14.7 Å². The van der Waals surface area contributed by atoms with Crippen molar-refractivity contribution >= 4 is 49.4 Å². The van der Waals surface area contributed by atoms with E-state index in [0.717, 1.165) is 31.6 Å². The van der Waals surface area contributed by atoms with Gasteiger partial charge in [0.15, 0.2) is 0 Å². The maximum atomic E-state index is 13.0. The van der Waals surface area contributed by atoms with Gasteiger partial charge in [0.25, 0.3) is 5.91 Å². The van der Waals surface area contributed by atoms with Gasteiger partial charge in [0, 0.05) is 16.6 Å². The molecule has 0 saturated carbocycles. The minimum absolute atomic E-state index is 0.0278. The molecule has 0 atom stereocenters. The van der Waals surface area contributed by atoms with Gasteiger partial charge in [-0.15, -0.1) is 0 Å². The summed E-state index contributed by atoms with van der Waals surface area (Å²) in [6.45, 7) is 0.201. The van der Waals surface area contributed by atoms with Gasteiger partial charge in [-0.3, -0.25) is 4.79 Å². The Kier molecular flexibility index (Phi) is 5.42. The molecule has 4 aromatic rings. The largest absolute Gasteiger partial charge is 0.496 e. The van der Waals surface area contributed by atoms with Gasteiger partial charge >= 0.3 is 5.97 Å². The highest BCUT2D eigenvalue weighted by Gasteiger charge is 2.18. The number of aromatic carboxylic acids is 1. The number of hydrogen-bond acceptors (Lipinski definition) is 3. The van der Waals surface area contributed by atoms with Gasteiger partial charge in [-0.1, -0.05) is 52.3 Å². The highest BCUT2D eigenvalue weighted by Crippen LogP contribution is 2.30. The first kappa shape index (κ1) is 19.9. The summed E-state index contributed by atoms with van der Waals surface area (Å²) in [4.78, 5) is 24.7. The van der Waals surface area contributed by atoms with Crippen LogP contribution in [0.2, 0.25) is 0 Å². The SMILES string of the molecule is COc1ccc2cc(Br)ccc2c1CNC(=O)c1cc2ccccc2cc1C(=O)O. The van der Waals surface area contributed by atoms with Gasteiger partial charge in [0.1, 0.15) is 5.75 Å². The van der Waals surface area contributed by atoms with Crippen molar-refractivity contribution in [3.8, 4) is 5.75 Å². The average molecular weight is 464 g/mol. The number of halogens is 1. The first-order valence-corrected chi connectivity index (χ1v) is 10.1. The van der Waals surface area contributed by atoms with E-state index >= 15 is 0 Å². The van der Waals surface area contributed by atoms with Gasteiger partial charge in [-0.25, -0.2) is 4.79 Å². The molecule has 0 aliphatic carbocycles. The molecule has 0 fully saturated rings. The Hall–Kier alpha value is -3.38. The second-order valence-corrected chi connectivity index (χ2v) is 7.76. The summed E-state index contributed by atoms with van der Waals surface area (Å²) in [5, 5.41) is 16.0. The molecule has 6 heteroatoms. The van der Waals surface area contributed by atoms with Crippen molar-refractivity contribution in [2.24, 2.45) is 0 Å². The molecule has 30 heavy (non-hydrogen) atoms. The number of benzene rings is 4. The summed E-state index contributed by atoms with van der Waals surface area (Å²) in [7, 11) is 1.58. The van der Waals surface area contributed by atoms with Gasteiger partial charge in [-0.2, -0.15) is 0 Å². The van der Waals surface area contributed by atoms with Crippen LogP contribution in [-0.4, -0.2) is 24.1 Å². The molecule has 0 aliphatic rings. The van der Waals surface area contributed by atoms with Gasteiger partial charge < -0.3 is 15.2 Å². The lowest BCUT2D eigenvalue weighted by Gasteiger charge is -2.14. The molecular weight excluding hydrogens is 446 g/mol. The molecule has 150 valence electrons. The first-order valence-electron chi connectivity index (χ1n) is 9.27. The Morgan fingerprint density at radius 2 is 1.63 bits per heavy atom. The smallest absolute Gasteiger partial charge is 0.336 e. The fraction of sp³-hybridized carbons (Fsp3) is 0.0833. The molecule has 5 nitrogen and oxygen atoms in total. The predicted molar refractivity (Wildman–Crippen MR) is 120 cm³/mol. The van der Waals surface area contributed by atoms with Crippen molar-refractivity contribution < 1.29 is 19.4 Å². The Morgan fingerprint density at radius 3 is 2.30 bits per heavy atom. The number of amides is 1. The monoisotopic (exact) mass is 463 g/mol. The lowest BCUT2D eigenvalue weighted by Crippen LogP contribution is -2.25. The van der Waals surface area contributed by atoms with E-state index in [1.807, 2.05) is 54.6 Å². The Morgan fingerprint density at radius 1 is 0.933 bits per heavy atom. The summed E-state index contributed by atoms with van der Waals surface area (Å²) in [6.07, 6.45) is 0. The Labute approximate surface area is 181 Å². The van der Waals surface area contributed by atoms with Crippen LogP contribution >= 0.6 is 15.9 Å². The summed E-state index contributed by atoms with van der Waals surface area (Å²) >= 11 is 3.47. The Balaban J connectivity index is 1.70. The van der Waals surface area contributed by atoms with Crippen molar-refractivity contribution in [3.63, 3.8) is 0 Å². The molecule has 0 unspecified atom stereocenters. The van der Waals surface area contributed by atoms with Crippen LogP contribution in [0.15, 0.2) is 71.2 Å². The second kappa shape index (κ2) is 8.16. The molecule has 1 amide bonds. The minimum atomic E-state index is -1.14. The number of rotatable bonds is 5. The number of carboxylic acids is 1. The molecule has 0 aromatic heterocycles. The van der Waals surface area contributed by atoms with Gasteiger partial charge in [0.05, 0.1) is 18.2 Å². The van der Waals surface area contributed by atoms with E-state index in [1.165, 1.54) is 6.07 Å². The maximum Gasteiger partial charge on any atom is 0.336 e. The molecule has 0 radical (unpaired) electrons. The number of fused-ring (bicyclic) bond motifs is 2. The molecular formula is C24H18BrNO4. The van der Waals surface area contributed by atoms with E-state index in [4.69, 9.17) is 4.74 Å². The number of carbonyl (C=O) groups is 2. The molecule has 2 N–H and O–H groups in total. The quantitative estimate of drug-likeness (QED) is 0.415. The van der Waals surface area contributed by atoms with Crippen molar-refractivity contribution in [2.75, 3.05) is 7.11 Å². The third kappa shape index (κ3) is 3.74. The predicted octanol–water partition coefficient (Wildman–Crippen LogP) is 5.39. The number of carbonyl (C=O) groups excluding carboxylic acids is 1. The molecule has 0 saturated heterocycles. The van der Waals surface area contributed by atoms with Crippen molar-refractivity contribution in [2.45, 2.75) is 6.54 Å². The van der Waals surface area contributed by atoms with Crippen LogP contribution in [0.25, 0.3) is 21.5 Å². The van der Waals surface area contributed by atoms with Crippen LogP contribution in [0.5, 0.6) is 5.75 Å². The third-order valence-corrected chi connectivity index (χ3v) is 5.55. The normalized spacial score (nSPS) is 10.9. The zero-order valence-electron chi connectivity index (χ0n) is 16.1. The van der Waals surface area contributed by atoms with Crippen LogP contribution in [0, 0.1) is 0 Å². The number of carboxylic acid groups (broad SMARTS) is 1. The first-order chi connectivity index (χ1) is 14.5. The van der Waals surface area contributed by atoms with E-state index < -0.39 is 11.9 Å². The van der Waals surface area contributed by atoms with Crippen molar-refractivity contribution in [1.82, 2.24) is 5.32 Å². The average Bonchev–Trinajstić information content (AvgIpc) is 2.75. The molecule has 0 heterocycles. The van der Waals surface area contributed by atoms with E-state index in [-0.39, 0.29) is 17.7 Å². The zero-order valence-corrected chi connectivity index (χ0v) is 17.7. The zero-order chi connectivity index (χ0) is 21.3. The summed E-state index contributed by atoms with van der Waals surface area (Å²) < 4.78 is 6.44. The van der Waals surface area contributed by atoms with Crippen LogP contribution in [-0.2, 0) is 6.54 Å². The lowest BCUT2D eigenvalue weighted by molar-refractivity contribution is 0.0691. The van der Waals surface area contributed by atoms with E-state index in [1.54, 1.807) is 13.2 Å². The van der Waals surface area contributed by atoms with Gasteiger partial charge in [0.2, 0.25) is 0 Å². The van der Waals surface area contributed by atoms with Crippen LogP contribution in [0.4, 0.5) is 0 Å². The molecule has 4 rings (SSSR count). The second-order valence-electron chi connectivity index (χ2n) is 6.84. The van der Waals surface area contributed by atoms with Crippen LogP contribution < -0.4 is 10.1 Å². The van der Waals surface area contributed by atoms with Crippen molar-refractivity contribution in [3.05, 3.63) is 87.9 Å².